The molecule has 0 aliphatic carbocycles. The Morgan fingerprint density at radius 2 is 1.95 bits per heavy atom. The van der Waals surface area contributed by atoms with Gasteiger partial charge in [-0.2, -0.15) is 0 Å². The summed E-state index contributed by atoms with van der Waals surface area (Å²) in [6.07, 6.45) is -0.939. The summed E-state index contributed by atoms with van der Waals surface area (Å²) >= 11 is 0. The summed E-state index contributed by atoms with van der Waals surface area (Å²) in [6.45, 7) is -0.287. The summed E-state index contributed by atoms with van der Waals surface area (Å²) in [5.74, 6) is 0.686. The Kier molecular flexibility index (Phi) is 3.46. The van der Waals surface area contributed by atoms with Crippen molar-refractivity contribution in [1.29, 1.82) is 0 Å². The first-order valence-corrected chi connectivity index (χ1v) is 6.40. The number of nitrogen functional groups attached to an aromatic ring is 1. The third-order valence-corrected chi connectivity index (χ3v) is 3.02. The third-order valence-electron chi connectivity index (χ3n) is 3.02. The molecule has 1 atom stereocenters. The predicted octanol–water partition coefficient (Wildman–Crippen LogP) is -0.176. The molecule has 2 heterocycles. The van der Waals surface area contributed by atoms with E-state index < -0.39 is 6.10 Å². The zero-order chi connectivity index (χ0) is 14.8. The van der Waals surface area contributed by atoms with Crippen LogP contribution in [0.15, 0.2) is 30.3 Å². The minimum absolute atomic E-state index is 0.0810. The number of hydrogen-bond donors (Lipinski definition) is 3. The van der Waals surface area contributed by atoms with Gasteiger partial charge in [0, 0.05) is 5.56 Å². The molecule has 0 saturated carbocycles. The molecule has 0 fully saturated rings. The summed E-state index contributed by atoms with van der Waals surface area (Å²) in [6, 6.07) is 9.40. The number of nitrogens with zero attached hydrogens (tertiary/aromatic N) is 5. The van der Waals surface area contributed by atoms with E-state index in [0.29, 0.717) is 17.0 Å². The highest BCUT2D eigenvalue weighted by molar-refractivity contribution is 5.83. The second-order valence-electron chi connectivity index (χ2n) is 4.58. The quantitative estimate of drug-likeness (QED) is 0.608. The first-order valence-electron chi connectivity index (χ1n) is 6.40. The minimum Gasteiger partial charge on any atom is -0.394 e. The van der Waals surface area contributed by atoms with Crippen LogP contribution in [0.25, 0.3) is 22.6 Å². The van der Waals surface area contributed by atoms with E-state index in [-0.39, 0.29) is 19.0 Å². The second kappa shape index (κ2) is 5.43. The van der Waals surface area contributed by atoms with Gasteiger partial charge in [-0.1, -0.05) is 35.5 Å². The predicted molar refractivity (Wildman–Crippen MR) is 76.1 cm³/mol. The molecule has 21 heavy (non-hydrogen) atoms. The lowest BCUT2D eigenvalue weighted by Gasteiger charge is -2.07. The average molecular weight is 286 g/mol. The van der Waals surface area contributed by atoms with Crippen molar-refractivity contribution in [3.05, 3.63) is 30.3 Å². The van der Waals surface area contributed by atoms with Crippen LogP contribution in [0.3, 0.4) is 0 Å². The van der Waals surface area contributed by atoms with Gasteiger partial charge in [0.2, 0.25) is 0 Å². The van der Waals surface area contributed by atoms with Crippen LogP contribution < -0.4 is 5.73 Å². The number of rotatable bonds is 4. The summed E-state index contributed by atoms with van der Waals surface area (Å²) < 4.78 is 1.40. The molecular weight excluding hydrogens is 272 g/mol. The summed E-state index contributed by atoms with van der Waals surface area (Å²) in [4.78, 5) is 8.63. The number of aliphatic hydroxyl groups excluding tert-OH is 2. The molecule has 4 N–H and O–H groups in total. The van der Waals surface area contributed by atoms with Gasteiger partial charge in [0.05, 0.1) is 19.3 Å². The van der Waals surface area contributed by atoms with Crippen molar-refractivity contribution in [3.63, 3.8) is 0 Å². The molecular formula is C13H14N6O2. The largest absolute Gasteiger partial charge is 0.394 e. The first-order chi connectivity index (χ1) is 10.2. The lowest BCUT2D eigenvalue weighted by molar-refractivity contribution is 0.0787. The van der Waals surface area contributed by atoms with E-state index >= 15 is 0 Å². The van der Waals surface area contributed by atoms with Crippen molar-refractivity contribution in [3.8, 4) is 11.4 Å². The van der Waals surface area contributed by atoms with Crippen LogP contribution in [0, 0.1) is 0 Å². The van der Waals surface area contributed by atoms with Crippen LogP contribution in [-0.4, -0.2) is 47.9 Å². The normalized spacial score (nSPS) is 12.7. The Balaban J connectivity index is 2.11. The van der Waals surface area contributed by atoms with E-state index in [2.05, 4.69) is 20.3 Å². The molecule has 8 heteroatoms. The van der Waals surface area contributed by atoms with Gasteiger partial charge in [-0.3, -0.25) is 0 Å². The average Bonchev–Trinajstić information content (AvgIpc) is 2.91. The van der Waals surface area contributed by atoms with Gasteiger partial charge in [-0.25, -0.2) is 14.6 Å². The van der Waals surface area contributed by atoms with Gasteiger partial charge in [0.1, 0.15) is 0 Å². The molecule has 3 rings (SSSR count). The van der Waals surface area contributed by atoms with Gasteiger partial charge in [0.15, 0.2) is 22.8 Å². The van der Waals surface area contributed by atoms with E-state index in [4.69, 9.17) is 10.8 Å². The lowest BCUT2D eigenvalue weighted by Crippen LogP contribution is -2.21. The molecule has 0 aliphatic rings. The molecule has 0 saturated heterocycles. The topological polar surface area (TPSA) is 123 Å². The molecule has 0 unspecified atom stereocenters. The Morgan fingerprint density at radius 1 is 1.19 bits per heavy atom. The van der Waals surface area contributed by atoms with Crippen LogP contribution >= 0.6 is 0 Å². The van der Waals surface area contributed by atoms with Crippen LogP contribution in [0.4, 0.5) is 5.82 Å². The molecule has 8 nitrogen and oxygen atoms in total. The Morgan fingerprint density at radius 3 is 2.67 bits per heavy atom. The fourth-order valence-corrected chi connectivity index (χ4v) is 1.97. The van der Waals surface area contributed by atoms with Gasteiger partial charge >= 0.3 is 0 Å². The molecule has 0 spiro atoms. The van der Waals surface area contributed by atoms with Crippen LogP contribution in [0.2, 0.25) is 0 Å². The second-order valence-corrected chi connectivity index (χ2v) is 4.58. The Labute approximate surface area is 119 Å². The lowest BCUT2D eigenvalue weighted by atomic mass is 10.2. The number of aromatic nitrogens is 5. The molecule has 2 aromatic heterocycles. The maximum absolute atomic E-state index is 9.53. The SMILES string of the molecule is Nc1nc(-c2ccccc2)nc2c1nnn2C[C@@H](O)CO. The molecule has 108 valence electrons. The van der Waals surface area contributed by atoms with Crippen molar-refractivity contribution in [2.45, 2.75) is 12.6 Å². The first kappa shape index (κ1) is 13.4. The Bertz CT molecular complexity index is 758. The molecule has 0 aliphatic heterocycles. The molecule has 3 aromatic rings. The van der Waals surface area contributed by atoms with Crippen molar-refractivity contribution in [2.24, 2.45) is 0 Å². The van der Waals surface area contributed by atoms with Gasteiger partial charge in [-0.05, 0) is 0 Å². The molecule has 0 bridgehead atoms. The number of anilines is 1. The maximum Gasteiger partial charge on any atom is 0.184 e. The zero-order valence-electron chi connectivity index (χ0n) is 11.1. The molecule has 0 amide bonds. The maximum atomic E-state index is 9.53. The minimum atomic E-state index is -0.939. The standard InChI is InChI=1S/C13H14N6O2/c14-11-10-13(19(18-17-10)6-9(21)7-20)16-12(15-11)8-4-2-1-3-5-8/h1-5,9,20-21H,6-7H2,(H2,14,15,16)/t9-/m1/s1. The van der Waals surface area contributed by atoms with Gasteiger partial charge in [0.25, 0.3) is 0 Å². The van der Waals surface area contributed by atoms with E-state index in [1.165, 1.54) is 4.68 Å². The van der Waals surface area contributed by atoms with Crippen molar-refractivity contribution in [2.75, 3.05) is 12.3 Å². The van der Waals surface area contributed by atoms with Gasteiger partial charge in [-0.15, -0.1) is 5.10 Å². The van der Waals surface area contributed by atoms with Crippen molar-refractivity contribution < 1.29 is 10.2 Å². The van der Waals surface area contributed by atoms with E-state index in [1.807, 2.05) is 30.3 Å². The van der Waals surface area contributed by atoms with Crippen LogP contribution in [0.5, 0.6) is 0 Å². The number of fused-ring (bicyclic) bond motifs is 1. The monoisotopic (exact) mass is 286 g/mol. The van der Waals surface area contributed by atoms with E-state index in [9.17, 15) is 5.11 Å². The summed E-state index contributed by atoms with van der Waals surface area (Å²) in [5, 5.41) is 26.3. The number of hydrogen-bond acceptors (Lipinski definition) is 7. The smallest absolute Gasteiger partial charge is 0.184 e. The van der Waals surface area contributed by atoms with Crippen LogP contribution in [-0.2, 0) is 6.54 Å². The molecule has 1 aromatic carbocycles. The summed E-state index contributed by atoms with van der Waals surface area (Å²) in [7, 11) is 0. The number of benzene rings is 1. The highest BCUT2D eigenvalue weighted by atomic mass is 16.3. The fourth-order valence-electron chi connectivity index (χ4n) is 1.97. The fraction of sp³-hybridized carbons (Fsp3) is 0.231. The van der Waals surface area contributed by atoms with Crippen molar-refractivity contribution in [1.82, 2.24) is 25.0 Å². The number of nitrogens with two attached hydrogens (primary N) is 1. The Hall–Kier alpha value is -2.58. The molecule has 0 radical (unpaired) electrons. The summed E-state index contributed by atoms with van der Waals surface area (Å²) in [5.41, 5.74) is 7.51. The third kappa shape index (κ3) is 2.54. The van der Waals surface area contributed by atoms with Crippen LogP contribution in [0.1, 0.15) is 0 Å². The highest BCUT2D eigenvalue weighted by Gasteiger charge is 2.15. The zero-order valence-corrected chi connectivity index (χ0v) is 11.1. The van der Waals surface area contributed by atoms with E-state index in [1.54, 1.807) is 0 Å². The number of aliphatic hydroxyl groups is 2. The van der Waals surface area contributed by atoms with Gasteiger partial charge < -0.3 is 15.9 Å². The highest BCUT2D eigenvalue weighted by Crippen LogP contribution is 2.21. The van der Waals surface area contributed by atoms with Crippen molar-refractivity contribution >= 4 is 17.0 Å². The van der Waals surface area contributed by atoms with E-state index in [0.717, 1.165) is 5.56 Å².